The van der Waals surface area contributed by atoms with E-state index in [9.17, 15) is 9.90 Å². The Kier molecular flexibility index (Phi) is 3.78. The summed E-state index contributed by atoms with van der Waals surface area (Å²) < 4.78 is 0. The largest absolute Gasteiger partial charge is 0.478 e. The minimum atomic E-state index is -0.904. The predicted octanol–water partition coefficient (Wildman–Crippen LogP) is 3.56. The number of anilines is 1. The number of aromatic nitrogens is 1. The van der Waals surface area contributed by atoms with Gasteiger partial charge in [0.15, 0.2) is 0 Å². The van der Waals surface area contributed by atoms with E-state index in [0.29, 0.717) is 10.9 Å². The fraction of sp³-hybridized carbons (Fsp3) is 0.412. The monoisotopic (exact) mass is 284 g/mol. The lowest BCUT2D eigenvalue weighted by Crippen LogP contribution is -2.25. The molecule has 2 heterocycles. The summed E-state index contributed by atoms with van der Waals surface area (Å²) in [5.74, 6) is 0.826. The number of hydrogen-bond donors (Lipinski definition) is 1. The molecule has 1 aromatic heterocycles. The van der Waals surface area contributed by atoms with Gasteiger partial charge in [0.2, 0.25) is 0 Å². The third kappa shape index (κ3) is 2.84. The van der Waals surface area contributed by atoms with Crippen LogP contribution in [0.3, 0.4) is 0 Å². The van der Waals surface area contributed by atoms with Gasteiger partial charge >= 0.3 is 5.97 Å². The lowest BCUT2D eigenvalue weighted by Gasteiger charge is -2.22. The maximum atomic E-state index is 11.2. The minimum absolute atomic E-state index is 0.316. The first-order valence-electron chi connectivity index (χ1n) is 7.53. The van der Waals surface area contributed by atoms with Gasteiger partial charge in [0.05, 0.1) is 11.1 Å². The summed E-state index contributed by atoms with van der Waals surface area (Å²) in [6.07, 6.45) is 3.65. The van der Waals surface area contributed by atoms with E-state index in [-0.39, 0.29) is 0 Å². The van der Waals surface area contributed by atoms with Crippen molar-refractivity contribution in [1.82, 2.24) is 4.98 Å². The quantitative estimate of drug-likeness (QED) is 0.916. The smallest absolute Gasteiger partial charge is 0.336 e. The molecule has 4 heteroatoms. The van der Waals surface area contributed by atoms with Crippen molar-refractivity contribution >= 4 is 22.7 Å². The summed E-state index contributed by atoms with van der Waals surface area (Å²) in [6.45, 7) is 4.36. The SMILES string of the molecule is CC1CCCN(c2ccc3c(C(=O)O)cccc3n2)CC1. The number of benzene rings is 1. The van der Waals surface area contributed by atoms with Gasteiger partial charge in [0, 0.05) is 18.5 Å². The van der Waals surface area contributed by atoms with Gasteiger partial charge in [0.1, 0.15) is 5.82 Å². The summed E-state index contributed by atoms with van der Waals surface area (Å²) in [5, 5.41) is 9.93. The van der Waals surface area contributed by atoms with Gasteiger partial charge in [0.25, 0.3) is 0 Å². The number of nitrogens with zero attached hydrogens (tertiary/aromatic N) is 2. The molecule has 1 aliphatic heterocycles. The van der Waals surface area contributed by atoms with Crippen molar-refractivity contribution in [1.29, 1.82) is 0 Å². The van der Waals surface area contributed by atoms with E-state index in [1.807, 2.05) is 18.2 Å². The van der Waals surface area contributed by atoms with Crippen LogP contribution >= 0.6 is 0 Å². The number of carboxylic acid groups (broad SMARTS) is 1. The maximum absolute atomic E-state index is 11.2. The van der Waals surface area contributed by atoms with Crippen LogP contribution in [0, 0.1) is 5.92 Å². The molecule has 0 radical (unpaired) electrons. The van der Waals surface area contributed by atoms with Crippen molar-refractivity contribution in [3.8, 4) is 0 Å². The fourth-order valence-electron chi connectivity index (χ4n) is 3.00. The first kappa shape index (κ1) is 13.9. The lowest BCUT2D eigenvalue weighted by molar-refractivity contribution is 0.0699. The van der Waals surface area contributed by atoms with Gasteiger partial charge in [-0.25, -0.2) is 9.78 Å². The molecule has 1 fully saturated rings. The molecular formula is C17H20N2O2. The molecule has 1 aliphatic rings. The summed E-state index contributed by atoms with van der Waals surface area (Å²) in [5.41, 5.74) is 1.07. The summed E-state index contributed by atoms with van der Waals surface area (Å²) in [6, 6.07) is 9.10. The second-order valence-electron chi connectivity index (χ2n) is 5.87. The Morgan fingerprint density at radius 3 is 2.90 bits per heavy atom. The highest BCUT2D eigenvalue weighted by atomic mass is 16.4. The molecule has 1 atom stereocenters. The molecular weight excluding hydrogens is 264 g/mol. The van der Waals surface area contributed by atoms with Crippen LogP contribution in [0.2, 0.25) is 0 Å². The molecule has 3 rings (SSSR count). The number of pyridine rings is 1. The normalized spacial score (nSPS) is 19.5. The van der Waals surface area contributed by atoms with Crippen LogP contribution in [0.1, 0.15) is 36.5 Å². The Balaban J connectivity index is 1.96. The second-order valence-corrected chi connectivity index (χ2v) is 5.87. The number of aromatic carboxylic acids is 1. The van der Waals surface area contributed by atoms with E-state index in [2.05, 4.69) is 16.8 Å². The lowest BCUT2D eigenvalue weighted by atomic mass is 10.0. The van der Waals surface area contributed by atoms with Crippen LogP contribution in [-0.2, 0) is 0 Å². The van der Waals surface area contributed by atoms with Gasteiger partial charge in [-0.1, -0.05) is 13.0 Å². The van der Waals surface area contributed by atoms with Crippen LogP contribution in [0.4, 0.5) is 5.82 Å². The van der Waals surface area contributed by atoms with E-state index in [4.69, 9.17) is 0 Å². The maximum Gasteiger partial charge on any atom is 0.336 e. The van der Waals surface area contributed by atoms with Crippen molar-refractivity contribution in [3.05, 3.63) is 35.9 Å². The third-order valence-electron chi connectivity index (χ3n) is 4.29. The van der Waals surface area contributed by atoms with E-state index >= 15 is 0 Å². The molecule has 0 spiro atoms. The van der Waals surface area contributed by atoms with Crippen LogP contribution in [0.25, 0.3) is 10.9 Å². The number of hydrogen-bond acceptors (Lipinski definition) is 3. The van der Waals surface area contributed by atoms with Crippen molar-refractivity contribution in [2.75, 3.05) is 18.0 Å². The van der Waals surface area contributed by atoms with Crippen molar-refractivity contribution in [2.45, 2.75) is 26.2 Å². The first-order valence-corrected chi connectivity index (χ1v) is 7.53. The minimum Gasteiger partial charge on any atom is -0.478 e. The molecule has 1 aromatic carbocycles. The topological polar surface area (TPSA) is 53.4 Å². The van der Waals surface area contributed by atoms with Crippen molar-refractivity contribution in [2.24, 2.45) is 5.92 Å². The first-order chi connectivity index (χ1) is 10.1. The summed E-state index contributed by atoms with van der Waals surface area (Å²) in [4.78, 5) is 18.2. The second kappa shape index (κ2) is 5.72. The van der Waals surface area contributed by atoms with E-state index < -0.39 is 5.97 Å². The zero-order valence-corrected chi connectivity index (χ0v) is 12.2. The average molecular weight is 284 g/mol. The predicted molar refractivity (Wildman–Crippen MR) is 83.9 cm³/mol. The average Bonchev–Trinajstić information content (AvgIpc) is 2.70. The Bertz CT molecular complexity index is 669. The van der Waals surface area contributed by atoms with Gasteiger partial charge in [-0.05, 0) is 49.4 Å². The van der Waals surface area contributed by atoms with Crippen LogP contribution in [0.5, 0.6) is 0 Å². The number of rotatable bonds is 2. The Hall–Kier alpha value is -2.10. The molecule has 0 amide bonds. The molecule has 110 valence electrons. The number of carboxylic acids is 1. The van der Waals surface area contributed by atoms with E-state index in [1.54, 1.807) is 12.1 Å². The molecule has 4 nitrogen and oxygen atoms in total. The van der Waals surface area contributed by atoms with Gasteiger partial charge in [-0.2, -0.15) is 0 Å². The fourth-order valence-corrected chi connectivity index (χ4v) is 3.00. The van der Waals surface area contributed by atoms with Gasteiger partial charge in [-0.15, -0.1) is 0 Å². The molecule has 2 aromatic rings. The molecule has 1 unspecified atom stereocenters. The Morgan fingerprint density at radius 1 is 1.24 bits per heavy atom. The number of fused-ring (bicyclic) bond motifs is 1. The van der Waals surface area contributed by atoms with Crippen molar-refractivity contribution in [3.63, 3.8) is 0 Å². The van der Waals surface area contributed by atoms with Crippen LogP contribution < -0.4 is 4.90 Å². The van der Waals surface area contributed by atoms with E-state index in [1.165, 1.54) is 19.3 Å². The Labute approximate surface area is 124 Å². The number of carbonyl (C=O) groups is 1. The highest BCUT2D eigenvalue weighted by Crippen LogP contribution is 2.24. The third-order valence-corrected chi connectivity index (χ3v) is 4.29. The summed E-state index contributed by atoms with van der Waals surface area (Å²) in [7, 11) is 0. The Morgan fingerprint density at radius 2 is 2.10 bits per heavy atom. The molecule has 0 bridgehead atoms. The summed E-state index contributed by atoms with van der Waals surface area (Å²) >= 11 is 0. The van der Waals surface area contributed by atoms with Crippen molar-refractivity contribution < 1.29 is 9.90 Å². The molecule has 1 saturated heterocycles. The molecule has 0 saturated carbocycles. The van der Waals surface area contributed by atoms with E-state index in [0.717, 1.165) is 30.3 Å². The standard InChI is InChI=1S/C17H20N2O2/c1-12-4-3-10-19(11-9-12)16-8-7-13-14(17(20)21)5-2-6-15(13)18-16/h2,5-8,12H,3-4,9-11H2,1H3,(H,20,21). The van der Waals surface area contributed by atoms with Gasteiger partial charge in [-0.3, -0.25) is 0 Å². The zero-order valence-electron chi connectivity index (χ0n) is 12.2. The highest BCUT2D eigenvalue weighted by Gasteiger charge is 2.16. The van der Waals surface area contributed by atoms with Crippen LogP contribution in [-0.4, -0.2) is 29.1 Å². The highest BCUT2D eigenvalue weighted by molar-refractivity contribution is 6.02. The molecule has 1 N–H and O–H groups in total. The zero-order chi connectivity index (χ0) is 14.8. The van der Waals surface area contributed by atoms with Crippen LogP contribution in [0.15, 0.2) is 30.3 Å². The molecule has 0 aliphatic carbocycles. The molecule has 21 heavy (non-hydrogen) atoms. The van der Waals surface area contributed by atoms with Gasteiger partial charge < -0.3 is 10.0 Å².